The molecule has 1 saturated carbocycles. The smallest absolute Gasteiger partial charge is 0.251 e. The van der Waals surface area contributed by atoms with Crippen LogP contribution in [-0.4, -0.2) is 78.9 Å². The number of nitrogens with one attached hydrogen (secondary N) is 1. The highest BCUT2D eigenvalue weighted by Gasteiger charge is 2.30. The Labute approximate surface area is 161 Å². The van der Waals surface area contributed by atoms with Gasteiger partial charge < -0.3 is 10.2 Å². The quantitative estimate of drug-likeness (QED) is 0.862. The summed E-state index contributed by atoms with van der Waals surface area (Å²) in [5, 5.41) is 2.67. The van der Waals surface area contributed by atoms with Crippen LogP contribution in [0.5, 0.6) is 0 Å². The van der Waals surface area contributed by atoms with Gasteiger partial charge in [-0.25, -0.2) is 0 Å². The summed E-state index contributed by atoms with van der Waals surface area (Å²) in [6.07, 6.45) is 4.93. The number of rotatable bonds is 4. The number of hydrogen-bond acceptors (Lipinski definition) is 4. The number of nitrogens with zero attached hydrogens (tertiary/aromatic N) is 3. The van der Waals surface area contributed by atoms with Crippen LogP contribution in [0.1, 0.15) is 40.7 Å². The maximum absolute atomic E-state index is 12.7. The first kappa shape index (κ1) is 18.4. The van der Waals surface area contributed by atoms with Gasteiger partial charge in [0.2, 0.25) is 5.91 Å². The number of carbonyl (C=O) groups excluding carboxylic acids is 2. The topological polar surface area (TPSA) is 55.9 Å². The maximum Gasteiger partial charge on any atom is 0.251 e. The van der Waals surface area contributed by atoms with Crippen LogP contribution in [0.4, 0.5) is 0 Å². The Morgan fingerprint density at radius 1 is 1.07 bits per heavy atom. The van der Waals surface area contributed by atoms with Crippen molar-refractivity contribution >= 4 is 11.8 Å². The lowest BCUT2D eigenvalue weighted by Crippen LogP contribution is -2.55. The molecule has 1 aromatic rings. The van der Waals surface area contributed by atoms with Crippen LogP contribution in [0.25, 0.3) is 0 Å². The van der Waals surface area contributed by atoms with Gasteiger partial charge in [0.25, 0.3) is 5.91 Å². The van der Waals surface area contributed by atoms with E-state index in [1.54, 1.807) is 7.05 Å². The second-order valence-electron chi connectivity index (χ2n) is 8.02. The lowest BCUT2D eigenvalue weighted by Gasteiger charge is -2.43. The Bertz CT molecular complexity index is 708. The Morgan fingerprint density at radius 2 is 1.85 bits per heavy atom. The first-order valence-corrected chi connectivity index (χ1v) is 10.2. The molecule has 1 aromatic carbocycles. The molecule has 2 amide bonds. The Morgan fingerprint density at radius 3 is 2.52 bits per heavy atom. The molecule has 0 aromatic heterocycles. The van der Waals surface area contributed by atoms with Gasteiger partial charge in [0.15, 0.2) is 0 Å². The van der Waals surface area contributed by atoms with E-state index in [1.807, 2.05) is 23.1 Å². The molecule has 0 radical (unpaired) electrons. The molecular formula is C21H30N4O2. The molecule has 0 unspecified atom stereocenters. The normalized spacial score (nSPS) is 21.4. The van der Waals surface area contributed by atoms with Crippen molar-refractivity contribution in [1.29, 1.82) is 0 Å². The molecule has 2 heterocycles. The fourth-order valence-electron chi connectivity index (χ4n) is 4.41. The lowest BCUT2D eigenvalue weighted by molar-refractivity contribution is -0.135. The van der Waals surface area contributed by atoms with E-state index in [-0.39, 0.29) is 11.8 Å². The van der Waals surface area contributed by atoms with E-state index in [1.165, 1.54) is 30.4 Å². The molecule has 146 valence electrons. The highest BCUT2D eigenvalue weighted by Crippen LogP contribution is 2.25. The Hall–Kier alpha value is -1.92. The molecule has 0 atom stereocenters. The molecule has 0 bridgehead atoms. The Balaban J connectivity index is 1.29. The Kier molecular flexibility index (Phi) is 5.45. The van der Waals surface area contributed by atoms with E-state index in [0.717, 1.165) is 51.7 Å². The zero-order chi connectivity index (χ0) is 18.8. The largest absolute Gasteiger partial charge is 0.355 e. The van der Waals surface area contributed by atoms with Crippen LogP contribution in [-0.2, 0) is 17.8 Å². The second kappa shape index (κ2) is 7.98. The molecule has 2 fully saturated rings. The zero-order valence-electron chi connectivity index (χ0n) is 16.2. The maximum atomic E-state index is 12.7. The highest BCUT2D eigenvalue weighted by atomic mass is 16.2. The van der Waals surface area contributed by atoms with E-state index in [4.69, 9.17) is 0 Å². The van der Waals surface area contributed by atoms with Gasteiger partial charge in [-0.05, 0) is 42.5 Å². The molecule has 1 saturated heterocycles. The monoisotopic (exact) mass is 370 g/mol. The number of amides is 2. The summed E-state index contributed by atoms with van der Waals surface area (Å²) in [7, 11) is 1.65. The van der Waals surface area contributed by atoms with E-state index in [0.29, 0.717) is 12.1 Å². The first-order valence-electron chi connectivity index (χ1n) is 10.2. The van der Waals surface area contributed by atoms with Crippen molar-refractivity contribution in [3.05, 3.63) is 34.9 Å². The standard InChI is InChI=1S/C21H30N4O2/c1-22-21(27)17-5-6-18-14-23(8-7-16(18)13-17)15-20(26)25-11-9-24(10-12-25)19-3-2-4-19/h5-6,13,19H,2-4,7-12,14-15H2,1H3,(H,22,27). The molecule has 6 heteroatoms. The summed E-state index contributed by atoms with van der Waals surface area (Å²) in [6.45, 7) is 5.96. The third kappa shape index (κ3) is 4.01. The van der Waals surface area contributed by atoms with Crippen molar-refractivity contribution in [2.24, 2.45) is 0 Å². The molecule has 1 aliphatic carbocycles. The van der Waals surface area contributed by atoms with Gasteiger partial charge in [0.05, 0.1) is 6.54 Å². The zero-order valence-corrected chi connectivity index (χ0v) is 16.2. The van der Waals surface area contributed by atoms with Crippen LogP contribution in [0.2, 0.25) is 0 Å². The molecule has 0 spiro atoms. The summed E-state index contributed by atoms with van der Waals surface area (Å²) >= 11 is 0. The minimum atomic E-state index is -0.0450. The predicted molar refractivity (Wildman–Crippen MR) is 105 cm³/mol. The first-order chi connectivity index (χ1) is 13.1. The average molecular weight is 370 g/mol. The van der Waals surface area contributed by atoms with Gasteiger partial charge in [0.1, 0.15) is 0 Å². The molecule has 2 aliphatic heterocycles. The lowest BCUT2D eigenvalue weighted by atomic mass is 9.91. The third-order valence-corrected chi connectivity index (χ3v) is 6.40. The second-order valence-corrected chi connectivity index (χ2v) is 8.02. The number of piperazine rings is 1. The summed E-state index contributed by atoms with van der Waals surface area (Å²) < 4.78 is 0. The van der Waals surface area contributed by atoms with Crippen LogP contribution in [0, 0.1) is 0 Å². The van der Waals surface area contributed by atoms with E-state index in [2.05, 4.69) is 15.1 Å². The van der Waals surface area contributed by atoms with Crippen molar-refractivity contribution in [3.8, 4) is 0 Å². The summed E-state index contributed by atoms with van der Waals surface area (Å²) in [4.78, 5) is 31.4. The number of benzene rings is 1. The molecular weight excluding hydrogens is 340 g/mol. The third-order valence-electron chi connectivity index (χ3n) is 6.40. The number of carbonyl (C=O) groups is 2. The summed E-state index contributed by atoms with van der Waals surface area (Å²) in [5.41, 5.74) is 3.18. The van der Waals surface area contributed by atoms with Gasteiger partial charge in [-0.2, -0.15) is 0 Å². The van der Waals surface area contributed by atoms with Crippen molar-refractivity contribution < 1.29 is 9.59 Å². The fourth-order valence-corrected chi connectivity index (χ4v) is 4.41. The van der Waals surface area contributed by atoms with Gasteiger partial charge in [-0.3, -0.25) is 19.4 Å². The highest BCUT2D eigenvalue weighted by molar-refractivity contribution is 5.94. The van der Waals surface area contributed by atoms with Crippen LogP contribution < -0.4 is 5.32 Å². The number of fused-ring (bicyclic) bond motifs is 1. The molecule has 1 N–H and O–H groups in total. The fraction of sp³-hybridized carbons (Fsp3) is 0.619. The SMILES string of the molecule is CNC(=O)c1ccc2c(c1)CCN(CC(=O)N1CCN(C3CCC3)CC1)C2. The molecule has 4 rings (SSSR count). The average Bonchev–Trinajstić information content (AvgIpc) is 2.66. The van der Waals surface area contributed by atoms with Crippen LogP contribution >= 0.6 is 0 Å². The van der Waals surface area contributed by atoms with E-state index in [9.17, 15) is 9.59 Å². The van der Waals surface area contributed by atoms with Crippen molar-refractivity contribution in [1.82, 2.24) is 20.0 Å². The minimum absolute atomic E-state index is 0.0450. The molecule has 27 heavy (non-hydrogen) atoms. The predicted octanol–water partition coefficient (Wildman–Crippen LogP) is 1.10. The van der Waals surface area contributed by atoms with Gasteiger partial charge in [-0.1, -0.05) is 12.5 Å². The number of hydrogen-bond donors (Lipinski definition) is 1. The van der Waals surface area contributed by atoms with E-state index >= 15 is 0 Å². The van der Waals surface area contributed by atoms with Crippen molar-refractivity contribution in [2.75, 3.05) is 46.3 Å². The van der Waals surface area contributed by atoms with Crippen LogP contribution in [0.15, 0.2) is 18.2 Å². The van der Waals surface area contributed by atoms with Gasteiger partial charge >= 0.3 is 0 Å². The van der Waals surface area contributed by atoms with Gasteiger partial charge in [-0.15, -0.1) is 0 Å². The van der Waals surface area contributed by atoms with Gasteiger partial charge in [0, 0.05) is 57.9 Å². The molecule has 6 nitrogen and oxygen atoms in total. The summed E-state index contributed by atoms with van der Waals surface area (Å²) in [5.74, 6) is 0.213. The van der Waals surface area contributed by atoms with E-state index < -0.39 is 0 Å². The summed E-state index contributed by atoms with van der Waals surface area (Å²) in [6, 6.07) is 6.68. The van der Waals surface area contributed by atoms with Crippen LogP contribution in [0.3, 0.4) is 0 Å². The minimum Gasteiger partial charge on any atom is -0.355 e. The van der Waals surface area contributed by atoms with Crippen molar-refractivity contribution in [2.45, 2.75) is 38.3 Å². The molecule has 3 aliphatic rings. The van der Waals surface area contributed by atoms with Crippen molar-refractivity contribution in [3.63, 3.8) is 0 Å².